The molecule has 0 amide bonds. The van der Waals surface area contributed by atoms with E-state index in [9.17, 15) is 14.5 Å². The van der Waals surface area contributed by atoms with Crippen molar-refractivity contribution in [2.45, 2.75) is 12.5 Å². The molecule has 0 unspecified atom stereocenters. The van der Waals surface area contributed by atoms with Gasteiger partial charge in [-0.25, -0.2) is 4.39 Å². The normalized spacial score (nSPS) is 25.7. The Balaban J connectivity index is 2.04. The van der Waals surface area contributed by atoms with E-state index in [1.54, 1.807) is 0 Å². The summed E-state index contributed by atoms with van der Waals surface area (Å²) in [4.78, 5) is 12.5. The van der Waals surface area contributed by atoms with E-state index in [0.717, 1.165) is 32.1 Å². The molecule has 7 heteroatoms. The molecule has 1 aromatic carbocycles. The lowest BCUT2D eigenvalue weighted by Crippen LogP contribution is -2.34. The maximum absolute atomic E-state index is 13.6. The van der Waals surface area contributed by atoms with Gasteiger partial charge in [0.2, 0.25) is 0 Å². The fourth-order valence-electron chi connectivity index (χ4n) is 3.05. The monoisotopic (exact) mass is 285 g/mol. The maximum atomic E-state index is 13.6. The number of nitro benzene ring substituents is 1. The van der Waals surface area contributed by atoms with Crippen molar-refractivity contribution in [3.63, 3.8) is 0 Å². The molecule has 5 nitrogen and oxygen atoms in total. The molecule has 19 heavy (non-hydrogen) atoms. The second kappa shape index (κ2) is 4.61. The van der Waals surface area contributed by atoms with Gasteiger partial charge in [-0.2, -0.15) is 0 Å². The van der Waals surface area contributed by atoms with Crippen LogP contribution in [0.3, 0.4) is 0 Å². The Morgan fingerprint density at radius 2 is 2.26 bits per heavy atom. The number of nitrogens with one attached hydrogen (secondary N) is 1. The Labute approximate surface area is 114 Å². The first kappa shape index (κ1) is 12.6. The molecular weight excluding hydrogens is 273 g/mol. The number of fused-ring (bicyclic) bond motifs is 1. The number of nitrogens with zero attached hydrogens (tertiary/aromatic N) is 2. The Bertz CT molecular complexity index is 540. The summed E-state index contributed by atoms with van der Waals surface area (Å²) in [6.07, 6.45) is 0.971. The third kappa shape index (κ3) is 2.04. The van der Waals surface area contributed by atoms with Gasteiger partial charge in [-0.1, -0.05) is 11.6 Å². The van der Waals surface area contributed by atoms with Gasteiger partial charge < -0.3 is 10.2 Å². The van der Waals surface area contributed by atoms with Crippen LogP contribution in [0.4, 0.5) is 15.8 Å². The molecule has 102 valence electrons. The number of benzene rings is 1. The fraction of sp³-hybridized carbons (Fsp3) is 0.500. The SMILES string of the molecule is O=[N+]([O-])c1cc(Cl)c(F)cc1N1CC[C@H]2CNC[C@H]21. The van der Waals surface area contributed by atoms with Gasteiger partial charge in [-0.3, -0.25) is 10.1 Å². The number of anilines is 1. The zero-order chi connectivity index (χ0) is 13.6. The van der Waals surface area contributed by atoms with E-state index >= 15 is 0 Å². The van der Waals surface area contributed by atoms with Crippen molar-refractivity contribution in [3.8, 4) is 0 Å². The molecule has 2 fully saturated rings. The van der Waals surface area contributed by atoms with Gasteiger partial charge in [0.15, 0.2) is 0 Å². The smallest absolute Gasteiger partial charge is 0.294 e. The molecule has 2 aliphatic heterocycles. The lowest BCUT2D eigenvalue weighted by Gasteiger charge is -2.25. The first-order chi connectivity index (χ1) is 9.08. The third-order valence-electron chi connectivity index (χ3n) is 3.97. The quantitative estimate of drug-likeness (QED) is 0.668. The molecule has 0 saturated carbocycles. The van der Waals surface area contributed by atoms with E-state index in [1.165, 1.54) is 6.07 Å². The summed E-state index contributed by atoms with van der Waals surface area (Å²) in [5, 5.41) is 14.2. The molecule has 3 rings (SSSR count). The van der Waals surface area contributed by atoms with Crippen LogP contribution in [0, 0.1) is 21.8 Å². The van der Waals surface area contributed by atoms with E-state index in [1.807, 2.05) is 4.90 Å². The average Bonchev–Trinajstić information content (AvgIpc) is 2.94. The highest BCUT2D eigenvalue weighted by molar-refractivity contribution is 6.31. The van der Waals surface area contributed by atoms with Gasteiger partial charge in [0, 0.05) is 37.8 Å². The highest BCUT2D eigenvalue weighted by Gasteiger charge is 2.40. The van der Waals surface area contributed by atoms with Crippen LogP contribution in [0.15, 0.2) is 12.1 Å². The summed E-state index contributed by atoms with van der Waals surface area (Å²) < 4.78 is 13.6. The van der Waals surface area contributed by atoms with Crippen LogP contribution in [0.2, 0.25) is 5.02 Å². The van der Waals surface area contributed by atoms with E-state index in [0.29, 0.717) is 11.6 Å². The van der Waals surface area contributed by atoms with Crippen molar-refractivity contribution in [2.24, 2.45) is 5.92 Å². The average molecular weight is 286 g/mol. The molecule has 1 aromatic rings. The summed E-state index contributed by atoms with van der Waals surface area (Å²) in [5.74, 6) is -0.130. The predicted octanol–water partition coefficient (Wildman–Crippen LogP) is 2.19. The first-order valence-corrected chi connectivity index (χ1v) is 6.56. The molecule has 2 heterocycles. The Morgan fingerprint density at radius 1 is 1.47 bits per heavy atom. The van der Waals surface area contributed by atoms with Crippen LogP contribution in [-0.2, 0) is 0 Å². The van der Waals surface area contributed by atoms with Crippen molar-refractivity contribution in [3.05, 3.63) is 33.1 Å². The minimum Gasteiger partial charge on any atom is -0.361 e. The van der Waals surface area contributed by atoms with Crippen molar-refractivity contribution in [1.29, 1.82) is 0 Å². The van der Waals surface area contributed by atoms with Crippen molar-refractivity contribution in [1.82, 2.24) is 5.32 Å². The Kier molecular flexibility index (Phi) is 3.06. The molecule has 0 radical (unpaired) electrons. The van der Waals surface area contributed by atoms with E-state index in [-0.39, 0.29) is 16.8 Å². The van der Waals surface area contributed by atoms with Crippen LogP contribution in [-0.4, -0.2) is 30.6 Å². The molecule has 0 aliphatic carbocycles. The van der Waals surface area contributed by atoms with Gasteiger partial charge in [0.05, 0.1) is 9.95 Å². The largest absolute Gasteiger partial charge is 0.361 e. The summed E-state index contributed by atoms with van der Waals surface area (Å²) in [5.41, 5.74) is 0.210. The highest BCUT2D eigenvalue weighted by atomic mass is 35.5. The van der Waals surface area contributed by atoms with Crippen molar-refractivity contribution >= 4 is 23.0 Å². The van der Waals surface area contributed by atoms with Gasteiger partial charge in [0.1, 0.15) is 11.5 Å². The summed E-state index contributed by atoms with van der Waals surface area (Å²) >= 11 is 5.64. The topological polar surface area (TPSA) is 58.4 Å². The second-order valence-corrected chi connectivity index (χ2v) is 5.39. The lowest BCUT2D eigenvalue weighted by atomic mass is 10.0. The fourth-order valence-corrected chi connectivity index (χ4v) is 3.21. The van der Waals surface area contributed by atoms with Crippen molar-refractivity contribution in [2.75, 3.05) is 24.5 Å². The zero-order valence-electron chi connectivity index (χ0n) is 10.1. The van der Waals surface area contributed by atoms with Crippen LogP contribution in [0.5, 0.6) is 0 Å². The van der Waals surface area contributed by atoms with Crippen LogP contribution in [0.1, 0.15) is 6.42 Å². The third-order valence-corrected chi connectivity index (χ3v) is 4.26. The molecule has 2 aliphatic rings. The predicted molar refractivity (Wildman–Crippen MR) is 70.2 cm³/mol. The van der Waals surface area contributed by atoms with Crippen LogP contribution >= 0.6 is 11.6 Å². The molecule has 2 saturated heterocycles. The molecule has 0 aromatic heterocycles. The molecule has 0 bridgehead atoms. The number of hydrogen-bond donors (Lipinski definition) is 1. The van der Waals surface area contributed by atoms with Gasteiger partial charge in [-0.15, -0.1) is 0 Å². The van der Waals surface area contributed by atoms with Gasteiger partial charge in [-0.05, 0) is 12.3 Å². The lowest BCUT2D eigenvalue weighted by molar-refractivity contribution is -0.384. The number of nitro groups is 1. The summed E-state index contributed by atoms with van der Waals surface area (Å²) in [6.45, 7) is 2.43. The van der Waals surface area contributed by atoms with E-state index in [4.69, 9.17) is 11.6 Å². The van der Waals surface area contributed by atoms with Gasteiger partial charge >= 0.3 is 0 Å². The number of hydrogen-bond acceptors (Lipinski definition) is 4. The first-order valence-electron chi connectivity index (χ1n) is 6.18. The molecule has 0 spiro atoms. The number of halogens is 2. The minimum absolute atomic E-state index is 0.126. The highest BCUT2D eigenvalue weighted by Crippen LogP contribution is 2.39. The van der Waals surface area contributed by atoms with E-state index in [2.05, 4.69) is 5.32 Å². The maximum Gasteiger partial charge on any atom is 0.294 e. The van der Waals surface area contributed by atoms with E-state index < -0.39 is 10.7 Å². The Hall–Kier alpha value is -1.40. The van der Waals surface area contributed by atoms with Crippen LogP contribution in [0.25, 0.3) is 0 Å². The van der Waals surface area contributed by atoms with Gasteiger partial charge in [0.25, 0.3) is 5.69 Å². The second-order valence-electron chi connectivity index (χ2n) is 4.98. The number of rotatable bonds is 2. The molecule has 2 atom stereocenters. The molecule has 1 N–H and O–H groups in total. The van der Waals surface area contributed by atoms with Crippen LogP contribution < -0.4 is 10.2 Å². The zero-order valence-corrected chi connectivity index (χ0v) is 10.9. The Morgan fingerprint density at radius 3 is 3.00 bits per heavy atom. The summed E-state index contributed by atoms with van der Waals surface area (Å²) in [7, 11) is 0. The minimum atomic E-state index is -0.614. The molecular formula is C12H13ClFN3O2. The standard InChI is InChI=1S/C12H13ClFN3O2/c13-8-3-11(17(18)19)10(4-9(8)14)16-2-1-7-5-15-6-12(7)16/h3-4,7,12,15H,1-2,5-6H2/t7-,12+/m0/s1. The van der Waals surface area contributed by atoms with Crippen molar-refractivity contribution < 1.29 is 9.31 Å². The summed E-state index contributed by atoms with van der Waals surface area (Å²) in [6, 6.07) is 2.49.